The first-order valence-corrected chi connectivity index (χ1v) is 8.32. The lowest BCUT2D eigenvalue weighted by Crippen LogP contribution is -2.06. The molecule has 4 aromatic rings. The van der Waals surface area contributed by atoms with Crippen molar-refractivity contribution in [1.29, 1.82) is 0 Å². The molecule has 4 nitrogen and oxygen atoms in total. The molecule has 4 rings (SSSR count). The molecule has 0 saturated heterocycles. The Balaban J connectivity index is 2.00. The second kappa shape index (κ2) is 6.41. The zero-order valence-electron chi connectivity index (χ0n) is 14.2. The van der Waals surface area contributed by atoms with Crippen molar-refractivity contribution >= 4 is 33.3 Å². The minimum absolute atomic E-state index is 0.0996. The minimum Gasteiger partial charge on any atom is -0.326 e. The Hall–Kier alpha value is -3.53. The Morgan fingerprint density at radius 2 is 1.65 bits per heavy atom. The van der Waals surface area contributed by atoms with Gasteiger partial charge in [0.1, 0.15) is 0 Å². The van der Waals surface area contributed by atoms with Crippen LogP contribution in [0.2, 0.25) is 0 Å². The monoisotopic (exact) mass is 340 g/mol. The van der Waals surface area contributed by atoms with E-state index in [0.717, 1.165) is 16.5 Å². The number of carbonyl (C=O) groups excluding carboxylic acids is 1. The first-order valence-electron chi connectivity index (χ1n) is 8.32. The number of carbonyl (C=O) groups is 1. The summed E-state index contributed by atoms with van der Waals surface area (Å²) in [6.45, 7) is 1.44. The van der Waals surface area contributed by atoms with Crippen LogP contribution in [0.5, 0.6) is 0 Å². The predicted octanol–water partition coefficient (Wildman–Crippen LogP) is 4.37. The van der Waals surface area contributed by atoms with Gasteiger partial charge >= 0.3 is 0 Å². The van der Waals surface area contributed by atoms with Gasteiger partial charge in [-0.05, 0) is 35.2 Å². The summed E-state index contributed by atoms with van der Waals surface area (Å²) in [5.41, 5.74) is 3.06. The zero-order chi connectivity index (χ0) is 18.1. The molecule has 1 aromatic heterocycles. The number of pyridine rings is 1. The van der Waals surface area contributed by atoms with E-state index in [1.165, 1.54) is 6.92 Å². The van der Waals surface area contributed by atoms with Crippen LogP contribution < -0.4 is 10.7 Å². The molecule has 126 valence electrons. The molecule has 0 spiro atoms. The molecule has 26 heavy (non-hydrogen) atoms. The first-order chi connectivity index (χ1) is 12.6. The topological polar surface area (TPSA) is 59.1 Å². The molecule has 0 atom stereocenters. The summed E-state index contributed by atoms with van der Waals surface area (Å²) in [6, 6.07) is 20.8. The highest BCUT2D eigenvalue weighted by molar-refractivity contribution is 5.97. The van der Waals surface area contributed by atoms with Crippen molar-refractivity contribution in [1.82, 2.24) is 4.98 Å². The Morgan fingerprint density at radius 3 is 2.42 bits per heavy atom. The number of anilines is 1. The van der Waals surface area contributed by atoms with Crippen LogP contribution in [0.25, 0.3) is 32.8 Å². The molecular weight excluding hydrogens is 324 g/mol. The fourth-order valence-electron chi connectivity index (χ4n) is 3.07. The second-order valence-electron chi connectivity index (χ2n) is 6.17. The van der Waals surface area contributed by atoms with Crippen molar-refractivity contribution < 1.29 is 4.79 Å². The number of hydrogen-bond acceptors (Lipinski definition) is 3. The normalized spacial score (nSPS) is 10.8. The molecule has 0 bridgehead atoms. The van der Waals surface area contributed by atoms with Crippen molar-refractivity contribution in [3.8, 4) is 11.1 Å². The highest BCUT2D eigenvalue weighted by Crippen LogP contribution is 2.23. The molecule has 0 aliphatic rings. The van der Waals surface area contributed by atoms with E-state index in [1.54, 1.807) is 18.3 Å². The molecule has 0 unspecified atom stereocenters. The van der Waals surface area contributed by atoms with Gasteiger partial charge in [0.2, 0.25) is 5.91 Å². The molecule has 0 radical (unpaired) electrons. The number of amides is 1. The summed E-state index contributed by atoms with van der Waals surface area (Å²) < 4.78 is 0. The van der Waals surface area contributed by atoms with Gasteiger partial charge in [-0.15, -0.1) is 0 Å². The van der Waals surface area contributed by atoms with Gasteiger partial charge in [0, 0.05) is 35.1 Å². The molecule has 1 amide bonds. The third kappa shape index (κ3) is 2.93. The molecule has 0 saturated carbocycles. The van der Waals surface area contributed by atoms with E-state index in [1.807, 2.05) is 54.6 Å². The fraction of sp³-hybridized carbons (Fsp3) is 0.0455. The quantitative estimate of drug-likeness (QED) is 0.589. The standard InChI is InChI=1S/C22H16N2O2/c1-14(25)24-18-9-7-16-8-10-21-20(22(26)19(16)12-18)11-17(13-23-21)15-5-3-2-4-6-15/h2-13H,1H3,(H,24,25). The number of hydrogen-bond donors (Lipinski definition) is 1. The van der Waals surface area contributed by atoms with Crippen molar-refractivity contribution in [3.05, 3.63) is 83.2 Å². The third-order valence-electron chi connectivity index (χ3n) is 4.31. The number of fused-ring (bicyclic) bond motifs is 2. The Labute approximate surface area is 150 Å². The molecule has 4 heteroatoms. The van der Waals surface area contributed by atoms with Crippen LogP contribution >= 0.6 is 0 Å². The summed E-state index contributed by atoms with van der Waals surface area (Å²) in [4.78, 5) is 28.9. The van der Waals surface area contributed by atoms with Crippen LogP contribution in [0, 0.1) is 0 Å². The lowest BCUT2D eigenvalue weighted by atomic mass is 10.1. The van der Waals surface area contributed by atoms with E-state index in [9.17, 15) is 9.59 Å². The van der Waals surface area contributed by atoms with Crippen LogP contribution in [0.1, 0.15) is 6.92 Å². The maximum Gasteiger partial charge on any atom is 0.221 e. The third-order valence-corrected chi connectivity index (χ3v) is 4.31. The summed E-state index contributed by atoms with van der Waals surface area (Å²) in [5, 5.41) is 4.65. The van der Waals surface area contributed by atoms with Crippen molar-refractivity contribution in [2.45, 2.75) is 6.92 Å². The number of nitrogens with zero attached hydrogens (tertiary/aromatic N) is 1. The van der Waals surface area contributed by atoms with Gasteiger partial charge in [-0.1, -0.05) is 42.5 Å². The van der Waals surface area contributed by atoms with Crippen LogP contribution in [0.4, 0.5) is 5.69 Å². The van der Waals surface area contributed by atoms with Crippen LogP contribution in [0.3, 0.4) is 0 Å². The van der Waals surface area contributed by atoms with Gasteiger partial charge in [-0.2, -0.15) is 0 Å². The van der Waals surface area contributed by atoms with E-state index in [-0.39, 0.29) is 11.3 Å². The van der Waals surface area contributed by atoms with Crippen molar-refractivity contribution in [2.24, 2.45) is 0 Å². The maximum absolute atomic E-state index is 13.2. The SMILES string of the molecule is CC(=O)Nc1ccc2ccc3ncc(-c4ccccc4)cc3c(=O)c2c1. The number of nitrogens with one attached hydrogen (secondary N) is 1. The summed E-state index contributed by atoms with van der Waals surface area (Å²) in [5.74, 6) is -0.171. The van der Waals surface area contributed by atoms with E-state index < -0.39 is 0 Å². The van der Waals surface area contributed by atoms with E-state index >= 15 is 0 Å². The highest BCUT2D eigenvalue weighted by Gasteiger charge is 2.07. The van der Waals surface area contributed by atoms with Crippen LogP contribution in [-0.4, -0.2) is 10.9 Å². The van der Waals surface area contributed by atoms with Crippen molar-refractivity contribution in [3.63, 3.8) is 0 Å². The molecule has 3 aromatic carbocycles. The average Bonchev–Trinajstić information content (AvgIpc) is 2.79. The highest BCUT2D eigenvalue weighted by atomic mass is 16.1. The Morgan fingerprint density at radius 1 is 0.885 bits per heavy atom. The maximum atomic E-state index is 13.2. The largest absolute Gasteiger partial charge is 0.326 e. The lowest BCUT2D eigenvalue weighted by molar-refractivity contribution is -0.114. The second-order valence-corrected chi connectivity index (χ2v) is 6.17. The molecule has 0 aliphatic carbocycles. The fourth-order valence-corrected chi connectivity index (χ4v) is 3.07. The zero-order valence-corrected chi connectivity index (χ0v) is 14.2. The van der Waals surface area contributed by atoms with Crippen LogP contribution in [0.15, 0.2) is 77.7 Å². The van der Waals surface area contributed by atoms with Crippen molar-refractivity contribution in [2.75, 3.05) is 5.32 Å². The van der Waals surface area contributed by atoms with Crippen LogP contribution in [-0.2, 0) is 4.79 Å². The average molecular weight is 340 g/mol. The van der Waals surface area contributed by atoms with E-state index in [2.05, 4.69) is 10.3 Å². The van der Waals surface area contributed by atoms with E-state index in [4.69, 9.17) is 0 Å². The summed E-state index contributed by atoms with van der Waals surface area (Å²) >= 11 is 0. The Kier molecular flexibility index (Phi) is 3.93. The number of benzene rings is 2. The van der Waals surface area contributed by atoms with Gasteiger partial charge in [-0.3, -0.25) is 14.6 Å². The van der Waals surface area contributed by atoms with Gasteiger partial charge in [0.15, 0.2) is 5.43 Å². The molecular formula is C22H16N2O2. The lowest BCUT2D eigenvalue weighted by Gasteiger charge is -2.02. The van der Waals surface area contributed by atoms with Gasteiger partial charge in [0.25, 0.3) is 0 Å². The number of rotatable bonds is 2. The smallest absolute Gasteiger partial charge is 0.221 e. The van der Waals surface area contributed by atoms with Gasteiger partial charge in [-0.25, -0.2) is 0 Å². The summed E-state index contributed by atoms with van der Waals surface area (Å²) in [6.07, 6.45) is 1.78. The molecule has 0 fully saturated rings. The molecule has 1 heterocycles. The minimum atomic E-state index is -0.171. The van der Waals surface area contributed by atoms with Gasteiger partial charge in [0.05, 0.1) is 5.52 Å². The molecule has 1 N–H and O–H groups in total. The predicted molar refractivity (Wildman–Crippen MR) is 105 cm³/mol. The molecule has 0 aliphatic heterocycles. The first kappa shape index (κ1) is 16.0. The van der Waals surface area contributed by atoms with Gasteiger partial charge < -0.3 is 5.32 Å². The summed E-state index contributed by atoms with van der Waals surface area (Å²) in [7, 11) is 0. The van der Waals surface area contributed by atoms with E-state index in [0.29, 0.717) is 22.0 Å². The number of aromatic nitrogens is 1. The Bertz CT molecular complexity index is 1200.